The quantitative estimate of drug-likeness (QED) is 0.583. The summed E-state index contributed by atoms with van der Waals surface area (Å²) in [6.07, 6.45) is 0. The normalized spacial score (nSPS) is 11.7. The number of hydrogen-bond acceptors (Lipinski definition) is 5. The van der Waals surface area contributed by atoms with Gasteiger partial charge >= 0.3 is 0 Å². The van der Waals surface area contributed by atoms with Crippen LogP contribution >= 0.6 is 0 Å². The predicted molar refractivity (Wildman–Crippen MR) is 77.0 cm³/mol. The van der Waals surface area contributed by atoms with Crippen LogP contribution in [-0.4, -0.2) is 46.8 Å². The molecule has 0 bridgehead atoms. The first-order valence-electron chi connectivity index (χ1n) is 6.64. The molecule has 0 spiro atoms. The molecular weight excluding hydrogens is 260 g/mol. The topological polar surface area (TPSA) is 75.8 Å². The average molecular weight is 282 g/mol. The Balaban J connectivity index is 2.47. The van der Waals surface area contributed by atoms with E-state index in [9.17, 15) is 15.2 Å². The number of rotatable bonds is 8. The van der Waals surface area contributed by atoms with Crippen molar-refractivity contribution in [2.24, 2.45) is 0 Å². The molecule has 0 unspecified atom stereocenters. The standard InChI is InChI=1S/C14H22N2O4/c1-4-15(11-14(2,3)17)8-9-20-13-7-5-6-12(10-13)16(18)19/h5-7,10,17H,4,8-9,11H2,1-3H3. The second kappa shape index (κ2) is 7.21. The van der Waals surface area contributed by atoms with Crippen LogP contribution in [0.15, 0.2) is 24.3 Å². The van der Waals surface area contributed by atoms with Crippen molar-refractivity contribution in [2.45, 2.75) is 26.4 Å². The van der Waals surface area contributed by atoms with Crippen molar-refractivity contribution in [1.82, 2.24) is 4.90 Å². The summed E-state index contributed by atoms with van der Waals surface area (Å²) in [4.78, 5) is 12.3. The number of nitro benzene ring substituents is 1. The molecule has 0 aliphatic rings. The lowest BCUT2D eigenvalue weighted by molar-refractivity contribution is -0.384. The van der Waals surface area contributed by atoms with Crippen LogP contribution in [-0.2, 0) is 0 Å². The van der Waals surface area contributed by atoms with Gasteiger partial charge in [0.15, 0.2) is 0 Å². The molecule has 0 saturated carbocycles. The molecule has 0 radical (unpaired) electrons. The van der Waals surface area contributed by atoms with Crippen LogP contribution in [0.2, 0.25) is 0 Å². The lowest BCUT2D eigenvalue weighted by Gasteiger charge is -2.27. The number of nitrogens with zero attached hydrogens (tertiary/aromatic N) is 2. The molecule has 6 heteroatoms. The van der Waals surface area contributed by atoms with Gasteiger partial charge in [-0.1, -0.05) is 13.0 Å². The largest absolute Gasteiger partial charge is 0.492 e. The van der Waals surface area contributed by atoms with Gasteiger partial charge in [-0.25, -0.2) is 0 Å². The summed E-state index contributed by atoms with van der Waals surface area (Å²) in [5.41, 5.74) is -0.729. The Morgan fingerprint density at radius 2 is 2.15 bits per heavy atom. The minimum Gasteiger partial charge on any atom is -0.492 e. The van der Waals surface area contributed by atoms with Crippen LogP contribution in [0, 0.1) is 10.1 Å². The van der Waals surface area contributed by atoms with E-state index in [2.05, 4.69) is 4.90 Å². The molecule has 0 fully saturated rings. The van der Waals surface area contributed by atoms with Crippen LogP contribution in [0.1, 0.15) is 20.8 Å². The van der Waals surface area contributed by atoms with E-state index >= 15 is 0 Å². The number of hydrogen-bond donors (Lipinski definition) is 1. The number of nitro groups is 1. The fourth-order valence-corrected chi connectivity index (χ4v) is 1.88. The van der Waals surface area contributed by atoms with Gasteiger partial charge in [-0.05, 0) is 26.5 Å². The molecule has 0 aliphatic carbocycles. The third kappa shape index (κ3) is 5.99. The van der Waals surface area contributed by atoms with Gasteiger partial charge in [0.05, 0.1) is 16.6 Å². The molecule has 0 amide bonds. The zero-order valence-corrected chi connectivity index (χ0v) is 12.2. The number of non-ortho nitro benzene ring substituents is 1. The second-order valence-corrected chi connectivity index (χ2v) is 5.28. The van der Waals surface area contributed by atoms with Crippen molar-refractivity contribution in [2.75, 3.05) is 26.2 Å². The molecule has 112 valence electrons. The van der Waals surface area contributed by atoms with Gasteiger partial charge in [0, 0.05) is 19.2 Å². The highest BCUT2D eigenvalue weighted by Gasteiger charge is 2.17. The maximum absolute atomic E-state index is 10.7. The third-order valence-electron chi connectivity index (χ3n) is 2.76. The van der Waals surface area contributed by atoms with E-state index in [1.54, 1.807) is 26.0 Å². The van der Waals surface area contributed by atoms with Gasteiger partial charge in [0.1, 0.15) is 12.4 Å². The molecule has 0 aromatic heterocycles. The van der Waals surface area contributed by atoms with E-state index in [4.69, 9.17) is 4.74 Å². The molecule has 6 nitrogen and oxygen atoms in total. The van der Waals surface area contributed by atoms with Crippen LogP contribution in [0.4, 0.5) is 5.69 Å². The molecule has 1 rings (SSSR count). The maximum Gasteiger partial charge on any atom is 0.273 e. The highest BCUT2D eigenvalue weighted by atomic mass is 16.6. The van der Waals surface area contributed by atoms with Gasteiger partial charge < -0.3 is 9.84 Å². The average Bonchev–Trinajstić information content (AvgIpc) is 2.36. The Morgan fingerprint density at radius 1 is 1.45 bits per heavy atom. The maximum atomic E-state index is 10.7. The fraction of sp³-hybridized carbons (Fsp3) is 0.571. The lowest BCUT2D eigenvalue weighted by Crippen LogP contribution is -2.40. The van der Waals surface area contributed by atoms with Crippen molar-refractivity contribution < 1.29 is 14.8 Å². The monoisotopic (exact) mass is 282 g/mol. The zero-order valence-electron chi connectivity index (χ0n) is 12.2. The van der Waals surface area contributed by atoms with Crippen LogP contribution < -0.4 is 4.74 Å². The minimum absolute atomic E-state index is 0.0198. The first kappa shape index (κ1) is 16.4. The second-order valence-electron chi connectivity index (χ2n) is 5.28. The van der Waals surface area contributed by atoms with Crippen molar-refractivity contribution in [3.63, 3.8) is 0 Å². The third-order valence-corrected chi connectivity index (χ3v) is 2.76. The Hall–Kier alpha value is -1.66. The van der Waals surface area contributed by atoms with Crippen molar-refractivity contribution in [3.05, 3.63) is 34.4 Å². The summed E-state index contributed by atoms with van der Waals surface area (Å²) in [5, 5.41) is 20.4. The Bertz CT molecular complexity index is 443. The number of ether oxygens (including phenoxy) is 1. The molecule has 1 aromatic rings. The fourth-order valence-electron chi connectivity index (χ4n) is 1.88. The summed E-state index contributed by atoms with van der Waals surface area (Å²) in [7, 11) is 0. The molecule has 0 heterocycles. The van der Waals surface area contributed by atoms with Crippen molar-refractivity contribution in [1.29, 1.82) is 0 Å². The number of aliphatic hydroxyl groups is 1. The van der Waals surface area contributed by atoms with E-state index in [1.807, 2.05) is 6.92 Å². The molecule has 1 N–H and O–H groups in total. The van der Waals surface area contributed by atoms with E-state index in [0.717, 1.165) is 6.54 Å². The first-order chi connectivity index (χ1) is 9.31. The van der Waals surface area contributed by atoms with Crippen LogP contribution in [0.3, 0.4) is 0 Å². The van der Waals surface area contributed by atoms with Gasteiger partial charge in [-0.15, -0.1) is 0 Å². The van der Waals surface area contributed by atoms with Gasteiger partial charge in [0.2, 0.25) is 0 Å². The van der Waals surface area contributed by atoms with Gasteiger partial charge in [-0.3, -0.25) is 15.0 Å². The van der Waals surface area contributed by atoms with Crippen molar-refractivity contribution in [3.8, 4) is 5.75 Å². The Kier molecular flexibility index (Phi) is 5.91. The van der Waals surface area contributed by atoms with Crippen LogP contribution in [0.5, 0.6) is 5.75 Å². The van der Waals surface area contributed by atoms with Gasteiger partial charge in [-0.2, -0.15) is 0 Å². The van der Waals surface area contributed by atoms with E-state index in [1.165, 1.54) is 12.1 Å². The van der Waals surface area contributed by atoms with Crippen molar-refractivity contribution >= 4 is 5.69 Å². The summed E-state index contributed by atoms with van der Waals surface area (Å²) >= 11 is 0. The first-order valence-corrected chi connectivity index (χ1v) is 6.64. The minimum atomic E-state index is -0.748. The number of benzene rings is 1. The highest BCUT2D eigenvalue weighted by molar-refractivity contribution is 5.37. The van der Waals surface area contributed by atoms with E-state index in [0.29, 0.717) is 25.4 Å². The summed E-state index contributed by atoms with van der Waals surface area (Å²) in [6, 6.07) is 6.13. The van der Waals surface area contributed by atoms with Crippen LogP contribution in [0.25, 0.3) is 0 Å². The van der Waals surface area contributed by atoms with E-state index < -0.39 is 10.5 Å². The summed E-state index contributed by atoms with van der Waals surface area (Å²) in [6.45, 7) is 7.98. The molecule has 0 aliphatic heterocycles. The van der Waals surface area contributed by atoms with Gasteiger partial charge in [0.25, 0.3) is 5.69 Å². The molecular formula is C14H22N2O4. The molecule has 1 aromatic carbocycles. The predicted octanol–water partition coefficient (Wildman–Crippen LogP) is 2.07. The number of likely N-dealkylation sites (N-methyl/N-ethyl adjacent to an activating group) is 1. The molecule has 0 atom stereocenters. The summed E-state index contributed by atoms with van der Waals surface area (Å²) in [5.74, 6) is 0.485. The summed E-state index contributed by atoms with van der Waals surface area (Å²) < 4.78 is 5.52. The van der Waals surface area contributed by atoms with E-state index in [-0.39, 0.29) is 5.69 Å². The highest BCUT2D eigenvalue weighted by Crippen LogP contribution is 2.19. The molecule has 20 heavy (non-hydrogen) atoms. The SMILES string of the molecule is CCN(CCOc1cccc([N+](=O)[O-])c1)CC(C)(C)O. The zero-order chi connectivity index (χ0) is 15.2. The molecule has 0 saturated heterocycles. The lowest BCUT2D eigenvalue weighted by atomic mass is 10.1. The Labute approximate surface area is 119 Å². The Morgan fingerprint density at radius 3 is 2.70 bits per heavy atom. The smallest absolute Gasteiger partial charge is 0.273 e.